The molecular formula is C26H30N6O4. The van der Waals surface area contributed by atoms with Crippen LogP contribution in [0.25, 0.3) is 10.9 Å². The Hall–Kier alpha value is -3.92. The normalized spacial score (nSPS) is 18.8. The number of hydrogen-bond donors (Lipinski definition) is 2. The van der Waals surface area contributed by atoms with Crippen LogP contribution < -0.4 is 15.6 Å². The molecule has 1 atom stereocenters. The molecule has 0 bridgehead atoms. The maximum atomic E-state index is 13.0. The van der Waals surface area contributed by atoms with Crippen molar-refractivity contribution in [1.82, 2.24) is 23.9 Å². The number of rotatable bonds is 6. The van der Waals surface area contributed by atoms with E-state index >= 15 is 0 Å². The molecule has 188 valence electrons. The molecule has 10 nitrogen and oxygen atoms in total. The Morgan fingerprint density at radius 3 is 2.67 bits per heavy atom. The van der Waals surface area contributed by atoms with Gasteiger partial charge in [0.05, 0.1) is 24.2 Å². The van der Waals surface area contributed by atoms with E-state index in [9.17, 15) is 14.7 Å². The summed E-state index contributed by atoms with van der Waals surface area (Å²) in [7, 11) is 3.14. The molecule has 3 heterocycles. The van der Waals surface area contributed by atoms with Crippen molar-refractivity contribution in [2.75, 3.05) is 12.4 Å². The Labute approximate surface area is 208 Å². The van der Waals surface area contributed by atoms with Gasteiger partial charge in [-0.2, -0.15) is 5.10 Å². The lowest BCUT2D eigenvalue weighted by Gasteiger charge is -2.30. The number of nitrogens with one attached hydrogen (secondary N) is 1. The fraction of sp³-hybridized carbons (Fsp3) is 0.385. The van der Waals surface area contributed by atoms with Gasteiger partial charge in [0.2, 0.25) is 0 Å². The van der Waals surface area contributed by atoms with Crippen LogP contribution in [0.3, 0.4) is 0 Å². The van der Waals surface area contributed by atoms with Gasteiger partial charge in [0.15, 0.2) is 0 Å². The zero-order valence-corrected chi connectivity index (χ0v) is 20.6. The molecule has 5 rings (SSSR count). The van der Waals surface area contributed by atoms with Crippen molar-refractivity contribution < 1.29 is 14.6 Å². The van der Waals surface area contributed by atoms with Crippen LogP contribution in [0.5, 0.6) is 5.75 Å². The molecule has 0 saturated heterocycles. The Balaban J connectivity index is 1.36. The molecule has 0 radical (unpaired) electrons. The van der Waals surface area contributed by atoms with Gasteiger partial charge in [-0.25, -0.2) is 4.98 Å². The standard InChI is InChI=1S/C26H30N6O4/c1-16(33)24-27-10-12-31(24)18-6-8-19(9-7-18)32-15-17-13-20(23(36-3)14-22(17)29-32)25(34)28-21-5-4-11-30(2)26(21)35/h4-5,10-16,18-19,33H,6-9H2,1-3H3,(H,28,34). The number of carbonyl (C=O) groups excluding carboxylic acids is 1. The van der Waals surface area contributed by atoms with Crippen LogP contribution in [0.1, 0.15) is 67.0 Å². The molecule has 0 aliphatic heterocycles. The van der Waals surface area contributed by atoms with Crippen LogP contribution in [0.15, 0.2) is 53.8 Å². The predicted octanol–water partition coefficient (Wildman–Crippen LogP) is 3.60. The number of amides is 1. The number of imidazole rings is 1. The van der Waals surface area contributed by atoms with Crippen molar-refractivity contribution in [3.8, 4) is 5.75 Å². The monoisotopic (exact) mass is 490 g/mol. The second-order valence-corrected chi connectivity index (χ2v) is 9.34. The van der Waals surface area contributed by atoms with Crippen molar-refractivity contribution in [3.05, 3.63) is 70.8 Å². The number of aryl methyl sites for hydroxylation is 1. The number of methoxy groups -OCH3 is 1. The molecule has 0 spiro atoms. The van der Waals surface area contributed by atoms with Crippen LogP contribution in [0.2, 0.25) is 0 Å². The fourth-order valence-electron chi connectivity index (χ4n) is 5.04. The average Bonchev–Trinajstić information content (AvgIpc) is 3.53. The van der Waals surface area contributed by atoms with Crippen molar-refractivity contribution in [3.63, 3.8) is 0 Å². The molecule has 1 aromatic carbocycles. The lowest BCUT2D eigenvalue weighted by molar-refractivity contribution is 0.102. The number of aliphatic hydroxyl groups is 1. The lowest BCUT2D eigenvalue weighted by atomic mass is 9.91. The molecule has 1 fully saturated rings. The minimum atomic E-state index is -0.597. The zero-order valence-electron chi connectivity index (χ0n) is 20.6. The summed E-state index contributed by atoms with van der Waals surface area (Å²) in [6.45, 7) is 1.74. The van der Waals surface area contributed by atoms with E-state index < -0.39 is 12.0 Å². The summed E-state index contributed by atoms with van der Waals surface area (Å²) >= 11 is 0. The van der Waals surface area contributed by atoms with Gasteiger partial charge in [0, 0.05) is 49.3 Å². The molecule has 1 amide bonds. The van der Waals surface area contributed by atoms with Gasteiger partial charge in [-0.15, -0.1) is 0 Å². The summed E-state index contributed by atoms with van der Waals surface area (Å²) in [5.74, 6) is 0.682. The minimum absolute atomic E-state index is 0.205. The zero-order chi connectivity index (χ0) is 25.4. The summed E-state index contributed by atoms with van der Waals surface area (Å²) in [6, 6.07) is 7.34. The number of aliphatic hydroxyl groups excluding tert-OH is 1. The average molecular weight is 491 g/mol. The van der Waals surface area contributed by atoms with E-state index in [2.05, 4.69) is 14.9 Å². The molecule has 1 unspecified atom stereocenters. The van der Waals surface area contributed by atoms with Crippen LogP contribution in [0.4, 0.5) is 5.69 Å². The first-order valence-corrected chi connectivity index (χ1v) is 12.1. The Bertz CT molecular complexity index is 1460. The topological polar surface area (TPSA) is 116 Å². The van der Waals surface area contributed by atoms with E-state index in [4.69, 9.17) is 9.84 Å². The van der Waals surface area contributed by atoms with Crippen molar-refractivity contribution in [2.45, 2.75) is 50.8 Å². The highest BCUT2D eigenvalue weighted by Crippen LogP contribution is 2.37. The molecular weight excluding hydrogens is 460 g/mol. The summed E-state index contributed by atoms with van der Waals surface area (Å²) in [4.78, 5) is 29.7. The third kappa shape index (κ3) is 4.39. The van der Waals surface area contributed by atoms with E-state index in [1.54, 1.807) is 50.6 Å². The second-order valence-electron chi connectivity index (χ2n) is 9.34. The third-order valence-corrected chi connectivity index (χ3v) is 6.97. The molecule has 2 N–H and O–H groups in total. The maximum Gasteiger partial charge on any atom is 0.274 e. The SMILES string of the molecule is COc1cc2nn(C3CCC(n4ccnc4C(C)O)CC3)cc2cc1C(=O)Nc1cccn(C)c1=O. The van der Waals surface area contributed by atoms with E-state index in [0.717, 1.165) is 36.6 Å². The number of benzene rings is 1. The van der Waals surface area contributed by atoms with E-state index in [1.807, 2.05) is 17.1 Å². The minimum Gasteiger partial charge on any atom is -0.496 e. The first-order chi connectivity index (χ1) is 17.4. The summed E-state index contributed by atoms with van der Waals surface area (Å²) in [5.41, 5.74) is 0.999. The first-order valence-electron chi connectivity index (χ1n) is 12.1. The smallest absolute Gasteiger partial charge is 0.274 e. The molecule has 36 heavy (non-hydrogen) atoms. The fourth-order valence-corrected chi connectivity index (χ4v) is 5.04. The van der Waals surface area contributed by atoms with Crippen molar-refractivity contribution >= 4 is 22.5 Å². The molecule has 1 aliphatic carbocycles. The molecule has 1 saturated carbocycles. The molecule has 4 aromatic rings. The number of hydrogen-bond acceptors (Lipinski definition) is 6. The summed E-state index contributed by atoms with van der Waals surface area (Å²) < 4.78 is 11.0. The maximum absolute atomic E-state index is 13.0. The Morgan fingerprint density at radius 2 is 1.94 bits per heavy atom. The quantitative estimate of drug-likeness (QED) is 0.427. The van der Waals surface area contributed by atoms with Gasteiger partial charge in [-0.1, -0.05) is 0 Å². The second kappa shape index (κ2) is 9.62. The summed E-state index contributed by atoms with van der Waals surface area (Å²) in [6.07, 6.45) is 10.5. The largest absolute Gasteiger partial charge is 0.496 e. The Morgan fingerprint density at radius 1 is 1.19 bits per heavy atom. The molecule has 1 aliphatic rings. The lowest BCUT2D eigenvalue weighted by Crippen LogP contribution is -2.23. The van der Waals surface area contributed by atoms with E-state index in [0.29, 0.717) is 23.2 Å². The van der Waals surface area contributed by atoms with Gasteiger partial charge in [-0.05, 0) is 50.8 Å². The van der Waals surface area contributed by atoms with Gasteiger partial charge < -0.3 is 24.3 Å². The van der Waals surface area contributed by atoms with E-state index in [1.165, 1.54) is 11.7 Å². The van der Waals surface area contributed by atoms with Gasteiger partial charge in [0.1, 0.15) is 23.4 Å². The summed E-state index contributed by atoms with van der Waals surface area (Å²) in [5, 5.41) is 18.3. The predicted molar refractivity (Wildman–Crippen MR) is 135 cm³/mol. The van der Waals surface area contributed by atoms with Crippen LogP contribution >= 0.6 is 0 Å². The van der Waals surface area contributed by atoms with Gasteiger partial charge in [0.25, 0.3) is 11.5 Å². The molecule has 10 heteroatoms. The number of aromatic nitrogens is 5. The number of fused-ring (bicyclic) bond motifs is 1. The van der Waals surface area contributed by atoms with Gasteiger partial charge >= 0.3 is 0 Å². The first kappa shape index (κ1) is 23.8. The van der Waals surface area contributed by atoms with Crippen LogP contribution in [-0.4, -0.2) is 42.0 Å². The van der Waals surface area contributed by atoms with Crippen LogP contribution in [0, 0.1) is 0 Å². The molecule has 3 aromatic heterocycles. The van der Waals surface area contributed by atoms with E-state index in [-0.39, 0.29) is 17.3 Å². The Kier molecular flexibility index (Phi) is 6.36. The highest BCUT2D eigenvalue weighted by atomic mass is 16.5. The number of ether oxygens (including phenoxy) is 1. The third-order valence-electron chi connectivity index (χ3n) is 6.97. The number of anilines is 1. The van der Waals surface area contributed by atoms with Crippen molar-refractivity contribution in [2.24, 2.45) is 7.05 Å². The highest BCUT2D eigenvalue weighted by molar-refractivity contribution is 6.08. The number of carbonyl (C=O) groups is 1. The van der Waals surface area contributed by atoms with Crippen molar-refractivity contribution in [1.29, 1.82) is 0 Å². The highest BCUT2D eigenvalue weighted by Gasteiger charge is 2.26. The number of pyridine rings is 1. The van der Waals surface area contributed by atoms with Crippen LogP contribution in [-0.2, 0) is 7.05 Å². The van der Waals surface area contributed by atoms with Gasteiger partial charge in [-0.3, -0.25) is 14.3 Å². The number of nitrogens with zero attached hydrogens (tertiary/aromatic N) is 5.